The van der Waals surface area contributed by atoms with Crippen LogP contribution < -0.4 is 0 Å². The van der Waals surface area contributed by atoms with Crippen LogP contribution in [0, 0.1) is 0 Å². The Morgan fingerprint density at radius 2 is 1.48 bits per heavy atom. The molecule has 0 saturated carbocycles. The summed E-state index contributed by atoms with van der Waals surface area (Å²) in [4.78, 5) is 23.9. The fourth-order valence-electron chi connectivity index (χ4n) is 1.85. The predicted molar refractivity (Wildman–Crippen MR) is 91.8 cm³/mol. The van der Waals surface area contributed by atoms with Crippen LogP contribution in [0.15, 0.2) is 54.6 Å². The molecule has 0 heterocycles. The lowest BCUT2D eigenvalue weighted by molar-refractivity contribution is -0.140. The highest BCUT2D eigenvalue weighted by Gasteiger charge is 2.18. The fourth-order valence-corrected chi connectivity index (χ4v) is 2.11. The zero-order valence-electron chi connectivity index (χ0n) is 12.3. The van der Waals surface area contributed by atoms with Crippen molar-refractivity contribution in [2.45, 2.75) is 13.0 Å². The van der Waals surface area contributed by atoms with Crippen molar-refractivity contribution in [3.05, 3.63) is 75.8 Å². The van der Waals surface area contributed by atoms with Crippen molar-refractivity contribution in [3.63, 3.8) is 0 Å². The maximum Gasteiger partial charge on any atom is 0.331 e. The van der Waals surface area contributed by atoms with Gasteiger partial charge in [0.25, 0.3) is 0 Å². The van der Waals surface area contributed by atoms with Crippen LogP contribution in [0.2, 0.25) is 10.0 Å². The molecule has 2 rings (SSSR count). The van der Waals surface area contributed by atoms with E-state index in [0.29, 0.717) is 15.6 Å². The van der Waals surface area contributed by atoms with E-state index >= 15 is 0 Å². The molecule has 0 aromatic heterocycles. The van der Waals surface area contributed by atoms with Crippen molar-refractivity contribution < 1.29 is 14.3 Å². The highest BCUT2D eigenvalue weighted by molar-refractivity contribution is 6.30. The second-order valence-electron chi connectivity index (χ2n) is 4.84. The van der Waals surface area contributed by atoms with Gasteiger partial charge in [-0.2, -0.15) is 0 Å². The van der Waals surface area contributed by atoms with Gasteiger partial charge in [0.05, 0.1) is 0 Å². The normalized spacial score (nSPS) is 12.1. The van der Waals surface area contributed by atoms with Crippen molar-refractivity contribution >= 4 is 41.0 Å². The molecule has 0 unspecified atom stereocenters. The molecule has 2 aromatic carbocycles. The molecule has 23 heavy (non-hydrogen) atoms. The fraction of sp³-hybridized carbons (Fsp3) is 0.111. The summed E-state index contributed by atoms with van der Waals surface area (Å²) in [5.74, 6) is -0.871. The number of carbonyl (C=O) groups is 2. The van der Waals surface area contributed by atoms with Crippen LogP contribution in [0.3, 0.4) is 0 Å². The average molecular weight is 349 g/mol. The topological polar surface area (TPSA) is 43.4 Å². The average Bonchev–Trinajstić information content (AvgIpc) is 2.54. The number of hydrogen-bond acceptors (Lipinski definition) is 3. The Kier molecular flexibility index (Phi) is 5.97. The molecule has 0 N–H and O–H groups in total. The van der Waals surface area contributed by atoms with E-state index in [1.807, 2.05) is 0 Å². The zero-order chi connectivity index (χ0) is 16.8. The molecule has 0 amide bonds. The van der Waals surface area contributed by atoms with Crippen molar-refractivity contribution in [1.29, 1.82) is 0 Å². The summed E-state index contributed by atoms with van der Waals surface area (Å²) < 4.78 is 5.11. The molecule has 0 fully saturated rings. The quantitative estimate of drug-likeness (QED) is 0.442. The van der Waals surface area contributed by atoms with Crippen molar-refractivity contribution in [2.24, 2.45) is 0 Å². The van der Waals surface area contributed by atoms with Crippen LogP contribution in [-0.2, 0) is 9.53 Å². The molecule has 0 radical (unpaired) electrons. The molecule has 1 atom stereocenters. The molecule has 118 valence electrons. The van der Waals surface area contributed by atoms with Gasteiger partial charge in [-0.15, -0.1) is 0 Å². The number of esters is 1. The first-order valence-electron chi connectivity index (χ1n) is 6.90. The van der Waals surface area contributed by atoms with Gasteiger partial charge in [0.2, 0.25) is 5.78 Å². The number of ketones is 1. The van der Waals surface area contributed by atoms with E-state index in [9.17, 15) is 9.59 Å². The Hall–Kier alpha value is -2.10. The highest BCUT2D eigenvalue weighted by atomic mass is 35.5. The third-order valence-corrected chi connectivity index (χ3v) is 3.58. The Labute approximate surface area is 144 Å². The molecule has 0 aliphatic carbocycles. The molecular weight excluding hydrogens is 335 g/mol. The highest BCUT2D eigenvalue weighted by Crippen LogP contribution is 2.13. The van der Waals surface area contributed by atoms with Crippen LogP contribution in [0.1, 0.15) is 22.8 Å². The van der Waals surface area contributed by atoms with Gasteiger partial charge in [-0.3, -0.25) is 4.79 Å². The van der Waals surface area contributed by atoms with Gasteiger partial charge in [0.1, 0.15) is 0 Å². The molecule has 0 aliphatic heterocycles. The van der Waals surface area contributed by atoms with Crippen molar-refractivity contribution in [2.75, 3.05) is 0 Å². The Morgan fingerprint density at radius 1 is 0.957 bits per heavy atom. The van der Waals surface area contributed by atoms with E-state index in [1.54, 1.807) is 54.6 Å². The first-order chi connectivity index (χ1) is 11.0. The smallest absolute Gasteiger partial charge is 0.331 e. The number of rotatable bonds is 5. The van der Waals surface area contributed by atoms with Gasteiger partial charge in [0.15, 0.2) is 6.10 Å². The minimum absolute atomic E-state index is 0.282. The summed E-state index contributed by atoms with van der Waals surface area (Å²) in [5.41, 5.74) is 1.25. The van der Waals surface area contributed by atoms with Crippen LogP contribution in [0.4, 0.5) is 0 Å². The largest absolute Gasteiger partial charge is 0.451 e. The molecule has 5 heteroatoms. The third-order valence-electron chi connectivity index (χ3n) is 3.07. The van der Waals surface area contributed by atoms with E-state index in [4.69, 9.17) is 27.9 Å². The standard InChI is InChI=1S/C18H14Cl2O3/c1-12(18(22)14-5-9-16(20)10-6-14)23-17(21)11-4-13-2-7-15(19)8-3-13/h2-12H,1H3/b11-4+/t12-/m1/s1. The predicted octanol–water partition coefficient (Wildman–Crippen LogP) is 4.82. The summed E-state index contributed by atoms with van der Waals surface area (Å²) in [5, 5.41) is 1.16. The van der Waals surface area contributed by atoms with Gasteiger partial charge in [-0.1, -0.05) is 35.3 Å². The number of halogens is 2. The first kappa shape index (κ1) is 17.3. The van der Waals surface area contributed by atoms with Crippen LogP contribution >= 0.6 is 23.2 Å². The monoisotopic (exact) mass is 348 g/mol. The van der Waals surface area contributed by atoms with Crippen molar-refractivity contribution in [3.8, 4) is 0 Å². The van der Waals surface area contributed by atoms with E-state index < -0.39 is 12.1 Å². The van der Waals surface area contributed by atoms with Crippen LogP contribution in [-0.4, -0.2) is 17.9 Å². The minimum atomic E-state index is -0.876. The summed E-state index contributed by atoms with van der Waals surface area (Å²) in [6, 6.07) is 13.4. The maximum absolute atomic E-state index is 12.1. The van der Waals surface area contributed by atoms with E-state index in [2.05, 4.69) is 0 Å². The van der Waals surface area contributed by atoms with E-state index in [-0.39, 0.29) is 5.78 Å². The van der Waals surface area contributed by atoms with E-state index in [1.165, 1.54) is 13.0 Å². The summed E-state index contributed by atoms with van der Waals surface area (Å²) in [6.07, 6.45) is 1.99. The summed E-state index contributed by atoms with van der Waals surface area (Å²) in [6.45, 7) is 1.53. The minimum Gasteiger partial charge on any atom is -0.451 e. The number of benzene rings is 2. The summed E-state index contributed by atoms with van der Waals surface area (Å²) in [7, 11) is 0. The number of carbonyl (C=O) groups excluding carboxylic acids is 2. The second-order valence-corrected chi connectivity index (χ2v) is 5.71. The number of hydrogen-bond donors (Lipinski definition) is 0. The van der Waals surface area contributed by atoms with Crippen molar-refractivity contribution in [1.82, 2.24) is 0 Å². The third kappa shape index (κ3) is 5.23. The van der Waals surface area contributed by atoms with E-state index in [0.717, 1.165) is 5.56 Å². The zero-order valence-corrected chi connectivity index (χ0v) is 13.8. The van der Waals surface area contributed by atoms with Crippen LogP contribution in [0.25, 0.3) is 6.08 Å². The molecular formula is C18H14Cl2O3. The SMILES string of the molecule is C[C@@H](OC(=O)/C=C/c1ccc(Cl)cc1)C(=O)c1ccc(Cl)cc1. The molecule has 0 saturated heterocycles. The second kappa shape index (κ2) is 7.95. The molecule has 0 aliphatic rings. The van der Waals surface area contributed by atoms with Gasteiger partial charge < -0.3 is 4.74 Å². The van der Waals surface area contributed by atoms with Gasteiger partial charge >= 0.3 is 5.97 Å². The van der Waals surface area contributed by atoms with Gasteiger partial charge in [-0.25, -0.2) is 4.79 Å². The Morgan fingerprint density at radius 3 is 2.04 bits per heavy atom. The Bertz CT molecular complexity index is 719. The lowest BCUT2D eigenvalue weighted by Gasteiger charge is -2.10. The number of ether oxygens (including phenoxy) is 1. The molecule has 2 aromatic rings. The molecule has 0 bridgehead atoms. The van der Waals surface area contributed by atoms with Gasteiger partial charge in [0, 0.05) is 21.7 Å². The maximum atomic E-state index is 12.1. The molecule has 0 spiro atoms. The Balaban J connectivity index is 1.95. The summed E-state index contributed by atoms with van der Waals surface area (Å²) >= 11 is 11.6. The van der Waals surface area contributed by atoms with Crippen LogP contribution in [0.5, 0.6) is 0 Å². The molecule has 3 nitrogen and oxygen atoms in total. The van der Waals surface area contributed by atoms with Gasteiger partial charge in [-0.05, 0) is 55.0 Å². The number of Topliss-reactive ketones (excluding diaryl/α,β-unsaturated/α-hetero) is 1. The lowest BCUT2D eigenvalue weighted by atomic mass is 10.1. The first-order valence-corrected chi connectivity index (χ1v) is 7.65. The lowest BCUT2D eigenvalue weighted by Crippen LogP contribution is -2.23.